The number of aromatic nitrogens is 1. The number of carbonyl (C=O) groups is 1. The Kier molecular flexibility index (Phi) is 4.72. The number of para-hydroxylation sites is 1. The first-order valence-corrected chi connectivity index (χ1v) is 7.76. The second-order valence-corrected chi connectivity index (χ2v) is 5.58. The number of benzene rings is 2. The van der Waals surface area contributed by atoms with Crippen molar-refractivity contribution in [2.24, 2.45) is 0 Å². The van der Waals surface area contributed by atoms with Gasteiger partial charge in [0.15, 0.2) is 0 Å². The van der Waals surface area contributed by atoms with E-state index in [-0.39, 0.29) is 18.1 Å². The molecule has 1 aromatic heterocycles. The van der Waals surface area contributed by atoms with Gasteiger partial charge < -0.3 is 15.4 Å². The smallest absolute Gasteiger partial charge is 0.261 e. The van der Waals surface area contributed by atoms with Crippen molar-refractivity contribution >= 4 is 16.8 Å². The molecular weight excluding hydrogens is 304 g/mol. The van der Waals surface area contributed by atoms with Gasteiger partial charge in [0.25, 0.3) is 11.5 Å². The number of aromatic amines is 1. The molecule has 0 aliphatic rings. The summed E-state index contributed by atoms with van der Waals surface area (Å²) in [6.45, 7) is 0.450. The van der Waals surface area contributed by atoms with Gasteiger partial charge in [-0.3, -0.25) is 9.59 Å². The van der Waals surface area contributed by atoms with Gasteiger partial charge in [-0.2, -0.15) is 0 Å². The lowest BCUT2D eigenvalue weighted by Gasteiger charge is -2.06. The van der Waals surface area contributed by atoms with Crippen LogP contribution < -0.4 is 10.9 Å². The molecule has 0 spiro atoms. The van der Waals surface area contributed by atoms with Crippen molar-refractivity contribution in [3.05, 3.63) is 81.6 Å². The fourth-order valence-corrected chi connectivity index (χ4v) is 2.54. The van der Waals surface area contributed by atoms with Gasteiger partial charge in [-0.25, -0.2) is 0 Å². The van der Waals surface area contributed by atoms with E-state index in [4.69, 9.17) is 5.11 Å². The van der Waals surface area contributed by atoms with Crippen molar-refractivity contribution in [3.8, 4) is 0 Å². The van der Waals surface area contributed by atoms with Gasteiger partial charge in [0.05, 0.1) is 6.61 Å². The Morgan fingerprint density at radius 2 is 1.75 bits per heavy atom. The Labute approximate surface area is 139 Å². The number of amides is 1. The number of aliphatic hydroxyl groups is 1. The van der Waals surface area contributed by atoms with Crippen molar-refractivity contribution in [1.82, 2.24) is 10.3 Å². The van der Waals surface area contributed by atoms with Crippen molar-refractivity contribution in [3.63, 3.8) is 0 Å². The number of carbonyl (C=O) groups excluding carboxylic acids is 1. The van der Waals surface area contributed by atoms with E-state index in [0.717, 1.165) is 16.5 Å². The zero-order valence-electron chi connectivity index (χ0n) is 13.1. The molecule has 1 heterocycles. The topological polar surface area (TPSA) is 82.2 Å². The third-order valence-electron chi connectivity index (χ3n) is 3.90. The van der Waals surface area contributed by atoms with Crippen molar-refractivity contribution in [1.29, 1.82) is 0 Å². The predicted octanol–water partition coefficient (Wildman–Crippen LogP) is 1.99. The standard InChI is InChI=1S/C19H18N2O3/c22-12-14-7-5-13(6-8-14)9-10-20-18(23)16-11-15-3-1-2-4-17(15)21-19(16)24/h1-8,11,22H,9-10,12H2,(H,20,23)(H,21,24). The number of rotatable bonds is 5. The first kappa shape index (κ1) is 16.0. The van der Waals surface area contributed by atoms with E-state index in [1.165, 1.54) is 0 Å². The molecule has 0 aliphatic heterocycles. The van der Waals surface area contributed by atoms with Crippen LogP contribution in [0, 0.1) is 0 Å². The first-order valence-electron chi connectivity index (χ1n) is 7.76. The molecule has 0 saturated heterocycles. The Hall–Kier alpha value is -2.92. The maximum Gasteiger partial charge on any atom is 0.261 e. The van der Waals surface area contributed by atoms with E-state index in [1.807, 2.05) is 42.5 Å². The van der Waals surface area contributed by atoms with Gasteiger partial charge >= 0.3 is 0 Å². The number of nitrogens with one attached hydrogen (secondary N) is 2. The highest BCUT2D eigenvalue weighted by atomic mass is 16.3. The fraction of sp³-hybridized carbons (Fsp3) is 0.158. The lowest BCUT2D eigenvalue weighted by molar-refractivity contribution is 0.0953. The maximum atomic E-state index is 12.2. The summed E-state index contributed by atoms with van der Waals surface area (Å²) in [4.78, 5) is 27.0. The molecule has 5 nitrogen and oxygen atoms in total. The monoisotopic (exact) mass is 322 g/mol. The van der Waals surface area contributed by atoms with Crippen LogP contribution in [0.3, 0.4) is 0 Å². The van der Waals surface area contributed by atoms with Crippen molar-refractivity contribution in [2.75, 3.05) is 6.54 Å². The number of hydrogen-bond donors (Lipinski definition) is 3. The molecule has 0 fully saturated rings. The Bertz CT molecular complexity index is 914. The highest BCUT2D eigenvalue weighted by Crippen LogP contribution is 2.10. The zero-order valence-corrected chi connectivity index (χ0v) is 13.1. The average molecular weight is 322 g/mol. The molecule has 122 valence electrons. The molecule has 3 aromatic rings. The summed E-state index contributed by atoms with van der Waals surface area (Å²) in [6.07, 6.45) is 0.656. The fourth-order valence-electron chi connectivity index (χ4n) is 2.54. The Morgan fingerprint density at radius 3 is 2.50 bits per heavy atom. The molecule has 2 aromatic carbocycles. The lowest BCUT2D eigenvalue weighted by Crippen LogP contribution is -2.31. The van der Waals surface area contributed by atoms with Crippen molar-refractivity contribution in [2.45, 2.75) is 13.0 Å². The van der Waals surface area contributed by atoms with Gasteiger partial charge in [-0.05, 0) is 35.1 Å². The van der Waals surface area contributed by atoms with Crippen LogP contribution in [0.5, 0.6) is 0 Å². The van der Waals surface area contributed by atoms with Crippen LogP contribution in [-0.4, -0.2) is 22.5 Å². The minimum atomic E-state index is -0.390. The molecule has 24 heavy (non-hydrogen) atoms. The van der Waals surface area contributed by atoms with E-state index in [9.17, 15) is 9.59 Å². The molecule has 3 N–H and O–H groups in total. The molecule has 0 atom stereocenters. The molecule has 0 bridgehead atoms. The molecule has 1 amide bonds. The Morgan fingerprint density at radius 1 is 1.04 bits per heavy atom. The number of pyridine rings is 1. The number of aliphatic hydroxyl groups excluding tert-OH is 1. The summed E-state index contributed by atoms with van der Waals surface area (Å²) >= 11 is 0. The second-order valence-electron chi connectivity index (χ2n) is 5.58. The van der Waals surface area contributed by atoms with E-state index < -0.39 is 5.56 Å². The second kappa shape index (κ2) is 7.10. The number of H-pyrrole nitrogens is 1. The maximum absolute atomic E-state index is 12.2. The molecular formula is C19H18N2O3. The van der Waals surface area contributed by atoms with Gasteiger partial charge in [-0.15, -0.1) is 0 Å². The lowest BCUT2D eigenvalue weighted by atomic mass is 10.1. The van der Waals surface area contributed by atoms with Crippen LogP contribution in [0.2, 0.25) is 0 Å². The minimum absolute atomic E-state index is 0.0156. The number of fused-ring (bicyclic) bond motifs is 1. The van der Waals surface area contributed by atoms with Crippen LogP contribution in [0.15, 0.2) is 59.4 Å². The third-order valence-corrected chi connectivity index (χ3v) is 3.90. The quantitative estimate of drug-likeness (QED) is 0.672. The van der Waals surface area contributed by atoms with Crippen LogP contribution in [0.25, 0.3) is 10.9 Å². The summed E-state index contributed by atoms with van der Waals surface area (Å²) in [5.41, 5.74) is 2.34. The molecule has 0 saturated carbocycles. The molecule has 3 rings (SSSR count). The van der Waals surface area contributed by atoms with Crippen LogP contribution in [0.1, 0.15) is 21.5 Å². The third kappa shape index (κ3) is 3.52. The highest BCUT2D eigenvalue weighted by Gasteiger charge is 2.11. The molecule has 5 heteroatoms. The highest BCUT2D eigenvalue weighted by molar-refractivity contribution is 5.97. The van der Waals surface area contributed by atoms with Gasteiger partial charge in [0.1, 0.15) is 5.56 Å². The van der Waals surface area contributed by atoms with Crippen LogP contribution in [-0.2, 0) is 13.0 Å². The van der Waals surface area contributed by atoms with Crippen LogP contribution >= 0.6 is 0 Å². The molecule has 0 radical (unpaired) electrons. The van der Waals surface area contributed by atoms with Crippen LogP contribution in [0.4, 0.5) is 0 Å². The summed E-state index contributed by atoms with van der Waals surface area (Å²) in [5.74, 6) is -0.381. The zero-order chi connectivity index (χ0) is 16.9. The normalized spacial score (nSPS) is 10.7. The number of hydrogen-bond acceptors (Lipinski definition) is 3. The first-order chi connectivity index (χ1) is 11.7. The van der Waals surface area contributed by atoms with E-state index in [0.29, 0.717) is 18.5 Å². The Balaban J connectivity index is 1.66. The van der Waals surface area contributed by atoms with Crippen molar-refractivity contribution < 1.29 is 9.90 Å². The summed E-state index contributed by atoms with van der Waals surface area (Å²) in [5, 5.41) is 12.6. The summed E-state index contributed by atoms with van der Waals surface area (Å²) in [7, 11) is 0. The largest absolute Gasteiger partial charge is 0.392 e. The minimum Gasteiger partial charge on any atom is -0.392 e. The molecule has 0 aliphatic carbocycles. The summed E-state index contributed by atoms with van der Waals surface area (Å²) in [6, 6.07) is 16.5. The molecule has 0 unspecified atom stereocenters. The van der Waals surface area contributed by atoms with Gasteiger partial charge in [0, 0.05) is 12.1 Å². The van der Waals surface area contributed by atoms with E-state index in [1.54, 1.807) is 12.1 Å². The average Bonchev–Trinajstić information content (AvgIpc) is 2.61. The summed E-state index contributed by atoms with van der Waals surface area (Å²) < 4.78 is 0. The predicted molar refractivity (Wildman–Crippen MR) is 93.0 cm³/mol. The van der Waals surface area contributed by atoms with Gasteiger partial charge in [-0.1, -0.05) is 42.5 Å². The van der Waals surface area contributed by atoms with E-state index >= 15 is 0 Å². The van der Waals surface area contributed by atoms with E-state index in [2.05, 4.69) is 10.3 Å². The SMILES string of the molecule is O=C(NCCc1ccc(CO)cc1)c1cc2ccccc2[nH]c1=O. The van der Waals surface area contributed by atoms with Gasteiger partial charge in [0.2, 0.25) is 0 Å².